The smallest absolute Gasteiger partial charge is 0.410 e. The Balaban J connectivity index is 1.61. The Morgan fingerprint density at radius 2 is 1.81 bits per heavy atom. The van der Waals surface area contributed by atoms with Crippen molar-refractivity contribution in [2.45, 2.75) is 122 Å². The zero-order chi connectivity index (χ0) is 35.4. The molecule has 14 heteroatoms. The molecule has 2 fully saturated rings. The highest BCUT2D eigenvalue weighted by atomic mass is 16.6. The van der Waals surface area contributed by atoms with Crippen molar-refractivity contribution in [3.8, 4) is 11.4 Å². The molecule has 1 N–H and O–H groups in total. The molecule has 0 spiro atoms. The van der Waals surface area contributed by atoms with E-state index in [4.69, 9.17) is 9.47 Å². The van der Waals surface area contributed by atoms with E-state index in [0.29, 0.717) is 51.0 Å². The van der Waals surface area contributed by atoms with Gasteiger partial charge >= 0.3 is 12.1 Å². The Morgan fingerprint density at radius 1 is 1.10 bits per heavy atom. The van der Waals surface area contributed by atoms with Crippen molar-refractivity contribution in [2.24, 2.45) is 11.8 Å². The first kappa shape index (κ1) is 37.0. The number of Topliss-reactive ketones (excluding diaryl/α,β-unsaturated/α-hetero) is 1. The summed E-state index contributed by atoms with van der Waals surface area (Å²) in [6.45, 7) is 13.4. The third kappa shape index (κ3) is 8.07. The molecular formula is C34H51BN6O7. The molecule has 4 heterocycles. The molecule has 8 atom stereocenters. The van der Waals surface area contributed by atoms with E-state index in [1.165, 1.54) is 13.8 Å². The SMILES string of the molecule is B[C@@H]1CC(=O)[C@@H](C)C(=O)O[C@H](CC)[C@@]2(C)OC(=O)N(CCCCn3cc(-c4ccccn4)nn3)[C@@H]2[C@@H](C)N(C(C)=O)C[C@H](C)C[C@]1(C)O. The number of aryl methyl sites for hydroxylation is 1. The molecule has 2 aliphatic heterocycles. The van der Waals surface area contributed by atoms with Crippen LogP contribution >= 0.6 is 0 Å². The second kappa shape index (κ2) is 15.2. The molecule has 0 aromatic carbocycles. The number of amides is 2. The number of aromatic nitrogens is 4. The number of carbonyl (C=O) groups excluding carboxylic acids is 4. The van der Waals surface area contributed by atoms with E-state index in [2.05, 4.69) is 15.3 Å². The summed E-state index contributed by atoms with van der Waals surface area (Å²) in [5, 5.41) is 19.8. The fourth-order valence-corrected chi connectivity index (χ4v) is 7.29. The third-order valence-corrected chi connectivity index (χ3v) is 10.3. The van der Waals surface area contributed by atoms with Crippen LogP contribution in [-0.2, 0) is 30.4 Å². The Labute approximate surface area is 284 Å². The van der Waals surface area contributed by atoms with Gasteiger partial charge in [-0.05, 0) is 77.2 Å². The average molecular weight is 667 g/mol. The Hall–Kier alpha value is -3.81. The van der Waals surface area contributed by atoms with Crippen LogP contribution in [0.2, 0.25) is 5.82 Å². The third-order valence-electron chi connectivity index (χ3n) is 10.3. The minimum absolute atomic E-state index is 0.00130. The maximum Gasteiger partial charge on any atom is 0.410 e. The van der Waals surface area contributed by atoms with Crippen LogP contribution in [-0.4, -0.2) is 109 Å². The number of fused-ring (bicyclic) bond motifs is 1. The fraction of sp³-hybridized carbons (Fsp3) is 0.676. The number of cyclic esters (lactones) is 1. The van der Waals surface area contributed by atoms with Crippen LogP contribution < -0.4 is 0 Å². The van der Waals surface area contributed by atoms with Crippen LogP contribution in [0.5, 0.6) is 0 Å². The lowest BCUT2D eigenvalue weighted by atomic mass is 9.67. The van der Waals surface area contributed by atoms with E-state index in [1.807, 2.05) is 45.2 Å². The first-order chi connectivity index (χ1) is 22.6. The van der Waals surface area contributed by atoms with Crippen LogP contribution in [0.25, 0.3) is 11.4 Å². The number of ketones is 1. The number of hydrogen-bond acceptors (Lipinski definition) is 10. The maximum atomic E-state index is 13.7. The number of ether oxygens (including phenoxy) is 2. The number of carbonyl (C=O) groups is 4. The van der Waals surface area contributed by atoms with Gasteiger partial charge in [-0.25, -0.2) is 4.79 Å². The monoisotopic (exact) mass is 666 g/mol. The summed E-state index contributed by atoms with van der Waals surface area (Å²) >= 11 is 0. The number of pyridine rings is 1. The molecular weight excluding hydrogens is 615 g/mol. The van der Waals surface area contributed by atoms with Crippen LogP contribution in [0.3, 0.4) is 0 Å². The molecule has 0 aliphatic carbocycles. The minimum Gasteiger partial charge on any atom is -0.458 e. The standard InChI is InChI=1S/C34H51BN6O7/c1-8-29-34(7)30(40(32(45)48-34)16-12-11-15-39-20-26(37-38-39)25-13-9-10-14-36-25)23(4)41(24(5)42)19-21(2)18-33(6,46)28(35)17-27(43)22(3)31(44)47-29/h9-10,13-14,20-23,28-30,46H,8,11-12,15-19,35H2,1-7H3/t21-,22-,23-,28-,29-,30-,33+,34-/m1/s1. The molecule has 0 bridgehead atoms. The average Bonchev–Trinajstić information content (AvgIpc) is 3.61. The first-order valence-electron chi connectivity index (χ1n) is 17.1. The van der Waals surface area contributed by atoms with E-state index >= 15 is 0 Å². The normalized spacial score (nSPS) is 32.2. The zero-order valence-corrected chi connectivity index (χ0v) is 29.6. The molecule has 262 valence electrons. The highest BCUT2D eigenvalue weighted by Gasteiger charge is 2.59. The van der Waals surface area contributed by atoms with Gasteiger partial charge in [-0.15, -0.1) is 5.10 Å². The highest BCUT2D eigenvalue weighted by molar-refractivity contribution is 6.15. The Bertz CT molecular complexity index is 1450. The van der Waals surface area contributed by atoms with Gasteiger partial charge in [0.25, 0.3) is 0 Å². The summed E-state index contributed by atoms with van der Waals surface area (Å²) in [4.78, 5) is 61.2. The largest absolute Gasteiger partial charge is 0.458 e. The van der Waals surface area contributed by atoms with Crippen molar-refractivity contribution in [1.82, 2.24) is 29.8 Å². The summed E-state index contributed by atoms with van der Waals surface area (Å²) in [5.74, 6) is -2.83. The van der Waals surface area contributed by atoms with Gasteiger partial charge < -0.3 is 19.5 Å². The molecule has 2 aliphatic rings. The van der Waals surface area contributed by atoms with Crippen molar-refractivity contribution in [2.75, 3.05) is 13.1 Å². The molecule has 0 unspecified atom stereocenters. The first-order valence-corrected chi connectivity index (χ1v) is 17.1. The second-order valence-corrected chi connectivity index (χ2v) is 14.2. The molecule has 2 saturated heterocycles. The van der Waals surface area contributed by atoms with Gasteiger partial charge in [-0.2, -0.15) is 0 Å². The van der Waals surface area contributed by atoms with Crippen molar-refractivity contribution < 1.29 is 33.8 Å². The van der Waals surface area contributed by atoms with E-state index in [1.54, 1.807) is 42.4 Å². The molecule has 2 amide bonds. The Morgan fingerprint density at radius 3 is 2.46 bits per heavy atom. The van der Waals surface area contributed by atoms with Crippen molar-refractivity contribution in [3.63, 3.8) is 0 Å². The molecule has 2 aromatic rings. The summed E-state index contributed by atoms with van der Waals surface area (Å²) in [7, 11) is 1.80. The topological polar surface area (TPSA) is 157 Å². The second-order valence-electron chi connectivity index (χ2n) is 14.2. The molecule has 48 heavy (non-hydrogen) atoms. The van der Waals surface area contributed by atoms with Crippen molar-refractivity contribution >= 4 is 31.6 Å². The molecule has 2 aromatic heterocycles. The van der Waals surface area contributed by atoms with Crippen molar-refractivity contribution in [1.29, 1.82) is 0 Å². The minimum atomic E-state index is -1.32. The van der Waals surface area contributed by atoms with Gasteiger partial charge in [0.2, 0.25) is 5.91 Å². The van der Waals surface area contributed by atoms with Crippen LogP contribution in [0.1, 0.15) is 80.6 Å². The van der Waals surface area contributed by atoms with Gasteiger partial charge in [0, 0.05) is 39.2 Å². The number of unbranched alkanes of at least 4 members (excludes halogenated alkanes) is 1. The van der Waals surface area contributed by atoms with Gasteiger partial charge in [-0.1, -0.05) is 25.1 Å². The lowest BCUT2D eigenvalue weighted by Gasteiger charge is -2.44. The number of aliphatic hydroxyl groups is 1. The fourth-order valence-electron chi connectivity index (χ4n) is 7.29. The van der Waals surface area contributed by atoms with Crippen LogP contribution in [0.4, 0.5) is 4.79 Å². The lowest BCUT2D eigenvalue weighted by Crippen LogP contribution is -2.62. The molecule has 0 saturated carbocycles. The van der Waals surface area contributed by atoms with Crippen LogP contribution in [0.15, 0.2) is 30.6 Å². The number of hydrogen-bond donors (Lipinski definition) is 1. The van der Waals surface area contributed by atoms with Gasteiger partial charge in [-0.3, -0.25) is 28.9 Å². The highest BCUT2D eigenvalue weighted by Crippen LogP contribution is 2.40. The van der Waals surface area contributed by atoms with E-state index < -0.39 is 53.2 Å². The summed E-state index contributed by atoms with van der Waals surface area (Å²) in [5.41, 5.74) is -1.13. The predicted molar refractivity (Wildman–Crippen MR) is 180 cm³/mol. The zero-order valence-electron chi connectivity index (χ0n) is 29.6. The number of esters is 1. The van der Waals surface area contributed by atoms with Crippen LogP contribution in [0, 0.1) is 11.8 Å². The Kier molecular flexibility index (Phi) is 11.7. The maximum absolute atomic E-state index is 13.7. The summed E-state index contributed by atoms with van der Waals surface area (Å²) < 4.78 is 13.9. The predicted octanol–water partition coefficient (Wildman–Crippen LogP) is 3.07. The molecule has 0 radical (unpaired) electrons. The summed E-state index contributed by atoms with van der Waals surface area (Å²) in [6, 6.07) is 4.39. The van der Waals surface area contributed by atoms with Gasteiger partial charge in [0.15, 0.2) is 5.60 Å². The van der Waals surface area contributed by atoms with E-state index in [0.717, 1.165) is 5.69 Å². The number of rotatable bonds is 7. The van der Waals surface area contributed by atoms with Gasteiger partial charge in [0.1, 0.15) is 31.3 Å². The quantitative estimate of drug-likeness (QED) is 0.202. The number of nitrogens with zero attached hydrogens (tertiary/aromatic N) is 6. The van der Waals surface area contributed by atoms with Gasteiger partial charge in [0.05, 0.1) is 29.6 Å². The summed E-state index contributed by atoms with van der Waals surface area (Å²) in [6.07, 6.45) is 4.04. The van der Waals surface area contributed by atoms with E-state index in [-0.39, 0.29) is 24.0 Å². The molecule has 4 rings (SSSR count). The lowest BCUT2D eigenvalue weighted by molar-refractivity contribution is -0.171. The molecule has 13 nitrogen and oxygen atoms in total. The van der Waals surface area contributed by atoms with Crippen molar-refractivity contribution in [3.05, 3.63) is 30.6 Å². The van der Waals surface area contributed by atoms with E-state index in [9.17, 15) is 24.3 Å².